The Balaban J connectivity index is 2.31. The molecule has 0 fully saturated rings. The number of carboxylic acid groups (broad SMARTS) is 1. The molecule has 0 radical (unpaired) electrons. The van der Waals surface area contributed by atoms with Crippen LogP contribution in [0.15, 0.2) is 30.5 Å². The van der Waals surface area contributed by atoms with Crippen LogP contribution in [0.3, 0.4) is 0 Å². The molecule has 1 heterocycles. The van der Waals surface area contributed by atoms with E-state index in [1.807, 2.05) is 13.8 Å². The van der Waals surface area contributed by atoms with E-state index < -0.39 is 18.0 Å². The Hall–Kier alpha value is -2.14. The van der Waals surface area contributed by atoms with Crippen molar-refractivity contribution in [3.8, 4) is 0 Å². The third kappa shape index (κ3) is 3.74. The number of aromatic nitrogens is 1. The summed E-state index contributed by atoms with van der Waals surface area (Å²) >= 11 is 5.90. The number of halogens is 1. The van der Waals surface area contributed by atoms with Crippen LogP contribution in [-0.4, -0.2) is 28.1 Å². The van der Waals surface area contributed by atoms with E-state index in [1.54, 1.807) is 18.2 Å². The number of pyridine rings is 1. The second-order valence-corrected chi connectivity index (χ2v) is 5.82. The summed E-state index contributed by atoms with van der Waals surface area (Å²) in [5, 5.41) is 10.2. The Kier molecular flexibility index (Phi) is 4.98. The smallest absolute Gasteiger partial charge is 0.345 e. The highest BCUT2D eigenvalue weighted by Gasteiger charge is 2.25. The number of hydrogen-bond donors (Lipinski definition) is 1. The van der Waals surface area contributed by atoms with Crippen molar-refractivity contribution in [1.29, 1.82) is 0 Å². The predicted octanol–water partition coefficient (Wildman–Crippen LogP) is 3.54. The maximum atomic E-state index is 12.3. The molecule has 0 aliphatic carbocycles. The molecule has 116 valence electrons. The molecule has 0 aliphatic rings. The number of hydrogen-bond acceptors (Lipinski definition) is 4. The molecule has 0 aliphatic heterocycles. The highest BCUT2D eigenvalue weighted by molar-refractivity contribution is 6.31. The summed E-state index contributed by atoms with van der Waals surface area (Å²) < 4.78 is 5.15. The van der Waals surface area contributed by atoms with Crippen molar-refractivity contribution >= 4 is 34.4 Å². The van der Waals surface area contributed by atoms with Gasteiger partial charge in [-0.1, -0.05) is 31.5 Å². The van der Waals surface area contributed by atoms with E-state index in [2.05, 4.69) is 4.98 Å². The number of rotatable bonds is 5. The molecule has 0 bridgehead atoms. The minimum Gasteiger partial charge on any atom is -0.479 e. The first kappa shape index (κ1) is 16.2. The van der Waals surface area contributed by atoms with Gasteiger partial charge in [-0.15, -0.1) is 0 Å². The Morgan fingerprint density at radius 1 is 1.32 bits per heavy atom. The molecule has 5 nitrogen and oxygen atoms in total. The molecule has 0 spiro atoms. The van der Waals surface area contributed by atoms with E-state index in [4.69, 9.17) is 21.4 Å². The van der Waals surface area contributed by atoms with Crippen molar-refractivity contribution in [3.05, 3.63) is 41.0 Å². The van der Waals surface area contributed by atoms with Gasteiger partial charge in [0.25, 0.3) is 0 Å². The molecule has 1 aromatic carbocycles. The van der Waals surface area contributed by atoms with Gasteiger partial charge in [-0.2, -0.15) is 0 Å². The second kappa shape index (κ2) is 6.75. The van der Waals surface area contributed by atoms with E-state index in [-0.39, 0.29) is 17.9 Å². The fourth-order valence-electron chi connectivity index (χ4n) is 2.12. The van der Waals surface area contributed by atoms with Crippen molar-refractivity contribution in [1.82, 2.24) is 4.98 Å². The van der Waals surface area contributed by atoms with Crippen molar-refractivity contribution in [2.45, 2.75) is 26.4 Å². The first-order valence-corrected chi connectivity index (χ1v) is 7.24. The van der Waals surface area contributed by atoms with Gasteiger partial charge < -0.3 is 9.84 Å². The molecule has 0 unspecified atom stereocenters. The second-order valence-electron chi connectivity index (χ2n) is 5.38. The lowest BCUT2D eigenvalue weighted by atomic mass is 10.1. The number of carboxylic acids is 1. The number of ether oxygens (including phenoxy) is 1. The monoisotopic (exact) mass is 321 g/mol. The number of nitrogens with zero attached hydrogens (tertiary/aromatic N) is 1. The minimum atomic E-state index is -1.16. The molecule has 0 amide bonds. The molecule has 1 N–H and O–H groups in total. The molecule has 0 saturated heterocycles. The quantitative estimate of drug-likeness (QED) is 0.852. The van der Waals surface area contributed by atoms with Crippen molar-refractivity contribution in [2.24, 2.45) is 5.92 Å². The van der Waals surface area contributed by atoms with Crippen LogP contribution in [0.4, 0.5) is 0 Å². The summed E-state index contributed by atoms with van der Waals surface area (Å²) in [5.74, 6) is -1.73. The maximum absolute atomic E-state index is 12.3. The lowest BCUT2D eigenvalue weighted by Gasteiger charge is -2.16. The zero-order valence-electron chi connectivity index (χ0n) is 12.2. The maximum Gasteiger partial charge on any atom is 0.345 e. The van der Waals surface area contributed by atoms with E-state index in [1.165, 1.54) is 12.3 Å². The van der Waals surface area contributed by atoms with Crippen LogP contribution in [0.5, 0.6) is 0 Å². The van der Waals surface area contributed by atoms with Gasteiger partial charge in [0.1, 0.15) is 0 Å². The van der Waals surface area contributed by atoms with Gasteiger partial charge in [-0.05, 0) is 30.5 Å². The van der Waals surface area contributed by atoms with Crippen LogP contribution < -0.4 is 0 Å². The largest absolute Gasteiger partial charge is 0.479 e. The summed E-state index contributed by atoms with van der Waals surface area (Å²) in [7, 11) is 0. The molecular weight excluding hydrogens is 306 g/mol. The van der Waals surface area contributed by atoms with Gasteiger partial charge in [-0.25, -0.2) is 9.59 Å². The van der Waals surface area contributed by atoms with Crippen LogP contribution in [0.1, 0.15) is 30.6 Å². The van der Waals surface area contributed by atoms with Crippen molar-refractivity contribution < 1.29 is 19.4 Å². The number of fused-ring (bicyclic) bond motifs is 1. The lowest BCUT2D eigenvalue weighted by molar-refractivity contribution is -0.148. The Bertz CT molecular complexity index is 714. The average Bonchev–Trinajstić information content (AvgIpc) is 2.44. The van der Waals surface area contributed by atoms with Crippen LogP contribution in [-0.2, 0) is 9.53 Å². The molecule has 2 aromatic rings. The van der Waals surface area contributed by atoms with E-state index in [9.17, 15) is 9.59 Å². The third-order valence-corrected chi connectivity index (χ3v) is 3.37. The molecule has 0 saturated carbocycles. The number of carbonyl (C=O) groups is 2. The van der Waals surface area contributed by atoms with Gasteiger partial charge in [0, 0.05) is 16.6 Å². The molecule has 1 atom stereocenters. The van der Waals surface area contributed by atoms with Gasteiger partial charge in [0.2, 0.25) is 0 Å². The predicted molar refractivity (Wildman–Crippen MR) is 83.0 cm³/mol. The van der Waals surface area contributed by atoms with E-state index >= 15 is 0 Å². The topological polar surface area (TPSA) is 76.5 Å². The van der Waals surface area contributed by atoms with Crippen LogP contribution in [0, 0.1) is 5.92 Å². The fourth-order valence-corrected chi connectivity index (χ4v) is 2.29. The molecule has 1 aromatic heterocycles. The lowest BCUT2D eigenvalue weighted by Crippen LogP contribution is -2.28. The minimum absolute atomic E-state index is 0.0990. The highest BCUT2D eigenvalue weighted by Crippen LogP contribution is 2.22. The first-order valence-electron chi connectivity index (χ1n) is 6.86. The molecule has 2 rings (SSSR count). The molecule has 6 heteroatoms. The Morgan fingerprint density at radius 3 is 2.68 bits per heavy atom. The summed E-state index contributed by atoms with van der Waals surface area (Å²) in [6.45, 7) is 3.74. The normalized spacial score (nSPS) is 12.4. The van der Waals surface area contributed by atoms with Crippen molar-refractivity contribution in [3.63, 3.8) is 0 Å². The first-order chi connectivity index (χ1) is 10.4. The van der Waals surface area contributed by atoms with Crippen LogP contribution in [0.25, 0.3) is 10.9 Å². The van der Waals surface area contributed by atoms with Gasteiger partial charge in [-0.3, -0.25) is 4.98 Å². The summed E-state index contributed by atoms with van der Waals surface area (Å²) in [6, 6.07) is 6.45. The summed E-state index contributed by atoms with van der Waals surface area (Å²) in [5.41, 5.74) is 0.828. The standard InChI is InChI=1S/C16H16ClNO4/c1-9(2)7-14(15(19)20)22-16(21)12-5-6-18-13-8-10(17)3-4-11(12)13/h3-6,8-9,14H,7H2,1-2H3,(H,19,20)/t14-/m1/s1. The Labute approximate surface area is 132 Å². The molecule has 22 heavy (non-hydrogen) atoms. The molecular formula is C16H16ClNO4. The van der Waals surface area contributed by atoms with Gasteiger partial charge >= 0.3 is 11.9 Å². The van der Waals surface area contributed by atoms with Gasteiger partial charge in [0.15, 0.2) is 6.10 Å². The summed E-state index contributed by atoms with van der Waals surface area (Å²) in [6.07, 6.45) is 0.562. The van der Waals surface area contributed by atoms with E-state index in [0.29, 0.717) is 15.9 Å². The highest BCUT2D eigenvalue weighted by atomic mass is 35.5. The van der Waals surface area contributed by atoms with Crippen LogP contribution in [0.2, 0.25) is 5.02 Å². The zero-order chi connectivity index (χ0) is 16.3. The van der Waals surface area contributed by atoms with Crippen molar-refractivity contribution in [2.75, 3.05) is 0 Å². The Morgan fingerprint density at radius 2 is 2.05 bits per heavy atom. The van der Waals surface area contributed by atoms with E-state index in [0.717, 1.165) is 0 Å². The third-order valence-electron chi connectivity index (χ3n) is 3.13. The number of benzene rings is 1. The summed E-state index contributed by atoms with van der Waals surface area (Å²) in [4.78, 5) is 27.6. The zero-order valence-corrected chi connectivity index (χ0v) is 13.0. The number of aliphatic carboxylic acids is 1. The average molecular weight is 322 g/mol. The SMILES string of the molecule is CC(C)C[C@@H](OC(=O)c1ccnc2cc(Cl)ccc12)C(=O)O. The number of carbonyl (C=O) groups excluding carboxylic acids is 1. The number of esters is 1. The fraction of sp³-hybridized carbons (Fsp3) is 0.312. The van der Waals surface area contributed by atoms with Gasteiger partial charge in [0.05, 0.1) is 11.1 Å². The van der Waals surface area contributed by atoms with Crippen LogP contribution >= 0.6 is 11.6 Å².